The predicted molar refractivity (Wildman–Crippen MR) is 89.3 cm³/mol. The molecule has 1 aliphatic rings. The topological polar surface area (TPSA) is 86.1 Å². The molecular weight excluding hydrogens is 320 g/mol. The number of carbonyl (C=O) groups is 2. The van der Waals surface area contributed by atoms with E-state index in [0.29, 0.717) is 23.5 Å². The van der Waals surface area contributed by atoms with Crippen molar-refractivity contribution in [1.29, 1.82) is 0 Å². The number of fused-ring (bicyclic) bond motifs is 1. The average molecular weight is 334 g/mol. The number of esters is 1. The Morgan fingerprint density at radius 3 is 2.88 bits per heavy atom. The highest BCUT2D eigenvalue weighted by molar-refractivity contribution is 6.00. The van der Waals surface area contributed by atoms with Crippen LogP contribution in [0.3, 0.4) is 0 Å². The Morgan fingerprint density at radius 1 is 1.24 bits per heavy atom. The van der Waals surface area contributed by atoms with Crippen molar-refractivity contribution >= 4 is 17.6 Å². The number of hydrogen-bond acceptors (Lipinski definition) is 5. The van der Waals surface area contributed by atoms with Crippen LogP contribution in [0.15, 0.2) is 61.3 Å². The summed E-state index contributed by atoms with van der Waals surface area (Å²) < 4.78 is 7.00. The highest BCUT2D eigenvalue weighted by Crippen LogP contribution is 2.21. The first-order valence-corrected chi connectivity index (χ1v) is 7.75. The maximum atomic E-state index is 12.4. The van der Waals surface area contributed by atoms with E-state index >= 15 is 0 Å². The summed E-state index contributed by atoms with van der Waals surface area (Å²) in [5.74, 6) is -0.163. The van der Waals surface area contributed by atoms with Gasteiger partial charge in [-0.2, -0.15) is 0 Å². The largest absolute Gasteiger partial charge is 0.448 e. The molecule has 0 bridgehead atoms. The maximum Gasteiger partial charge on any atom is 0.339 e. The van der Waals surface area contributed by atoms with E-state index in [1.165, 1.54) is 0 Å². The second-order valence-corrected chi connectivity index (χ2v) is 5.62. The molecule has 124 valence electrons. The van der Waals surface area contributed by atoms with Gasteiger partial charge in [0.05, 0.1) is 17.4 Å². The first kappa shape index (κ1) is 15.1. The number of hydrogen-bond donors (Lipinski definition) is 1. The lowest BCUT2D eigenvalue weighted by molar-refractivity contribution is -0.125. The molecule has 1 N–H and O–H groups in total. The minimum Gasteiger partial charge on any atom is -0.448 e. The average Bonchev–Trinajstić information content (AvgIpc) is 3.17. The van der Waals surface area contributed by atoms with E-state index in [0.717, 1.165) is 5.56 Å². The molecule has 7 nitrogen and oxygen atoms in total. The summed E-state index contributed by atoms with van der Waals surface area (Å²) in [4.78, 5) is 32.6. The van der Waals surface area contributed by atoms with Crippen LogP contribution in [0.1, 0.15) is 15.9 Å². The number of rotatable bonds is 3. The summed E-state index contributed by atoms with van der Waals surface area (Å²) in [6, 6.07) is 10.6. The van der Waals surface area contributed by atoms with Gasteiger partial charge in [-0.05, 0) is 23.8 Å². The van der Waals surface area contributed by atoms with Gasteiger partial charge in [0.15, 0.2) is 6.10 Å². The van der Waals surface area contributed by atoms with Crippen molar-refractivity contribution < 1.29 is 14.3 Å². The molecule has 1 aliphatic heterocycles. The van der Waals surface area contributed by atoms with Gasteiger partial charge in [0, 0.05) is 18.8 Å². The number of amides is 1. The second-order valence-electron chi connectivity index (χ2n) is 5.62. The fraction of sp³-hybridized carbons (Fsp3) is 0.111. The van der Waals surface area contributed by atoms with Crippen LogP contribution in [0, 0.1) is 0 Å². The highest BCUT2D eigenvalue weighted by atomic mass is 16.5. The van der Waals surface area contributed by atoms with Crippen molar-refractivity contribution in [2.75, 3.05) is 5.32 Å². The predicted octanol–water partition coefficient (Wildman–Crippen LogP) is 1.99. The lowest BCUT2D eigenvalue weighted by Crippen LogP contribution is -2.38. The molecule has 1 amide bonds. The van der Waals surface area contributed by atoms with Gasteiger partial charge >= 0.3 is 5.97 Å². The van der Waals surface area contributed by atoms with Gasteiger partial charge in [-0.15, -0.1) is 0 Å². The van der Waals surface area contributed by atoms with Gasteiger partial charge in [0.25, 0.3) is 5.91 Å². The molecule has 3 aromatic rings. The van der Waals surface area contributed by atoms with Gasteiger partial charge in [-0.25, -0.2) is 14.8 Å². The summed E-state index contributed by atoms with van der Waals surface area (Å²) in [5.41, 5.74) is 1.86. The second kappa shape index (κ2) is 6.20. The summed E-state index contributed by atoms with van der Waals surface area (Å²) in [6.45, 7) is 0. The van der Waals surface area contributed by atoms with Crippen molar-refractivity contribution in [3.05, 3.63) is 72.4 Å². The number of imidazole rings is 1. The Kier molecular flexibility index (Phi) is 3.74. The lowest BCUT2D eigenvalue weighted by Gasteiger charge is -2.23. The fourth-order valence-electron chi connectivity index (χ4n) is 2.71. The van der Waals surface area contributed by atoms with Crippen molar-refractivity contribution in [1.82, 2.24) is 14.5 Å². The standard InChI is InChI=1S/C18H14N4O3/c23-17(15-9-12-3-1-2-4-14(12)18(24)25-15)21-13-5-6-16(20-10-13)22-8-7-19-11-22/h1-8,10-11,15H,9H2,(H,21,23)/t15-/m0/s1. The Hall–Kier alpha value is -3.48. The molecule has 2 aromatic heterocycles. The van der Waals surface area contributed by atoms with Crippen LogP contribution in [-0.4, -0.2) is 32.5 Å². The van der Waals surface area contributed by atoms with Gasteiger partial charge in [-0.1, -0.05) is 18.2 Å². The van der Waals surface area contributed by atoms with Crippen molar-refractivity contribution in [3.8, 4) is 5.82 Å². The number of carbonyl (C=O) groups excluding carboxylic acids is 2. The number of nitrogens with one attached hydrogen (secondary N) is 1. The van der Waals surface area contributed by atoms with Gasteiger partial charge in [0.2, 0.25) is 0 Å². The van der Waals surface area contributed by atoms with Crippen LogP contribution in [0.4, 0.5) is 5.69 Å². The van der Waals surface area contributed by atoms with Crippen LogP contribution in [0.25, 0.3) is 5.82 Å². The van der Waals surface area contributed by atoms with Crippen molar-refractivity contribution in [2.45, 2.75) is 12.5 Å². The summed E-state index contributed by atoms with van der Waals surface area (Å²) in [5, 5.41) is 2.73. The van der Waals surface area contributed by atoms with E-state index in [-0.39, 0.29) is 5.91 Å². The van der Waals surface area contributed by atoms with Crippen molar-refractivity contribution in [2.24, 2.45) is 0 Å². The minimum absolute atomic E-state index is 0.355. The van der Waals surface area contributed by atoms with Crippen LogP contribution < -0.4 is 5.32 Å². The Labute approximate surface area is 143 Å². The molecule has 1 atom stereocenters. The van der Waals surface area contributed by atoms with Crippen LogP contribution in [0.2, 0.25) is 0 Å². The molecule has 0 radical (unpaired) electrons. The van der Waals surface area contributed by atoms with Crippen LogP contribution >= 0.6 is 0 Å². The molecule has 0 unspecified atom stereocenters. The zero-order chi connectivity index (χ0) is 17.2. The first-order chi connectivity index (χ1) is 12.2. The molecule has 0 saturated heterocycles. The normalized spacial score (nSPS) is 16.0. The fourth-order valence-corrected chi connectivity index (χ4v) is 2.71. The lowest BCUT2D eigenvalue weighted by atomic mass is 9.98. The highest BCUT2D eigenvalue weighted by Gasteiger charge is 2.31. The molecule has 0 saturated carbocycles. The molecule has 4 rings (SSSR count). The van der Waals surface area contributed by atoms with E-state index in [4.69, 9.17) is 4.74 Å². The van der Waals surface area contributed by atoms with Gasteiger partial charge in [0.1, 0.15) is 12.1 Å². The molecule has 0 aliphatic carbocycles. The maximum absolute atomic E-state index is 12.4. The van der Waals surface area contributed by atoms with Crippen LogP contribution in [-0.2, 0) is 16.0 Å². The van der Waals surface area contributed by atoms with E-state index < -0.39 is 12.1 Å². The van der Waals surface area contributed by atoms with Crippen LogP contribution in [0.5, 0.6) is 0 Å². The van der Waals surface area contributed by atoms with E-state index in [2.05, 4.69) is 15.3 Å². The number of pyridine rings is 1. The molecular formula is C18H14N4O3. The third kappa shape index (κ3) is 2.99. The number of nitrogens with zero attached hydrogens (tertiary/aromatic N) is 3. The number of aromatic nitrogens is 3. The van der Waals surface area contributed by atoms with Gasteiger partial charge < -0.3 is 10.1 Å². The summed E-state index contributed by atoms with van der Waals surface area (Å²) in [7, 11) is 0. The molecule has 7 heteroatoms. The third-order valence-electron chi connectivity index (χ3n) is 3.97. The SMILES string of the molecule is O=C1O[C@H](C(=O)Nc2ccc(-n3ccnc3)nc2)Cc2ccccc21. The molecule has 3 heterocycles. The number of ether oxygens (including phenoxy) is 1. The quantitative estimate of drug-likeness (QED) is 0.740. The summed E-state index contributed by atoms with van der Waals surface area (Å²) >= 11 is 0. The Balaban J connectivity index is 1.47. The molecule has 0 fully saturated rings. The van der Waals surface area contributed by atoms with E-state index in [1.54, 1.807) is 53.8 Å². The monoisotopic (exact) mass is 334 g/mol. The third-order valence-corrected chi connectivity index (χ3v) is 3.97. The molecule has 25 heavy (non-hydrogen) atoms. The molecule has 0 spiro atoms. The molecule has 1 aromatic carbocycles. The Morgan fingerprint density at radius 2 is 2.12 bits per heavy atom. The Bertz CT molecular complexity index is 920. The summed E-state index contributed by atoms with van der Waals surface area (Å²) in [6.07, 6.45) is 6.13. The first-order valence-electron chi connectivity index (χ1n) is 7.75. The van der Waals surface area contributed by atoms with E-state index in [9.17, 15) is 9.59 Å². The smallest absolute Gasteiger partial charge is 0.339 e. The van der Waals surface area contributed by atoms with E-state index in [1.807, 2.05) is 12.1 Å². The van der Waals surface area contributed by atoms with Crippen molar-refractivity contribution in [3.63, 3.8) is 0 Å². The number of anilines is 1. The number of benzene rings is 1. The zero-order valence-corrected chi connectivity index (χ0v) is 13.1. The minimum atomic E-state index is -0.851. The van der Waals surface area contributed by atoms with Gasteiger partial charge in [-0.3, -0.25) is 9.36 Å². The number of cyclic esters (lactones) is 1. The zero-order valence-electron chi connectivity index (χ0n) is 13.1.